The summed E-state index contributed by atoms with van der Waals surface area (Å²) in [7, 11) is -7.91. The monoisotopic (exact) mass is 432 g/mol. The zero-order valence-corrected chi connectivity index (χ0v) is 17.1. The zero-order chi connectivity index (χ0) is 20.2. The summed E-state index contributed by atoms with van der Waals surface area (Å²) >= 11 is 6.16. The van der Waals surface area contributed by atoms with Crippen molar-refractivity contribution in [2.75, 3.05) is 5.75 Å². The molecule has 0 fully saturated rings. The molecule has 0 N–H and O–H groups in total. The molecule has 0 aliphatic carbocycles. The van der Waals surface area contributed by atoms with Crippen LogP contribution in [-0.2, 0) is 19.7 Å². The Hall–Kier alpha value is -2.41. The van der Waals surface area contributed by atoms with E-state index in [-0.39, 0.29) is 14.7 Å². The molecule has 0 atom stereocenters. The molecule has 3 rings (SSSR count). The van der Waals surface area contributed by atoms with Crippen LogP contribution in [0.3, 0.4) is 0 Å². The van der Waals surface area contributed by atoms with E-state index < -0.39 is 25.4 Å². The molecule has 0 spiro atoms. The van der Waals surface area contributed by atoms with E-state index in [1.165, 1.54) is 30.3 Å². The molecule has 0 unspecified atom stereocenters. The van der Waals surface area contributed by atoms with Crippen LogP contribution in [0.4, 0.5) is 0 Å². The molecule has 28 heavy (non-hydrogen) atoms. The molecule has 4 nitrogen and oxygen atoms in total. The van der Waals surface area contributed by atoms with Gasteiger partial charge in [0.2, 0.25) is 9.84 Å². The van der Waals surface area contributed by atoms with Crippen molar-refractivity contribution in [3.63, 3.8) is 0 Å². The van der Waals surface area contributed by atoms with E-state index in [0.29, 0.717) is 10.6 Å². The standard InChI is InChI=1S/C21H17ClO4S2/c22-21-14-8-7-9-17(21)15-20(28(25,26)19-12-5-2-6-13-19)16-27(23,24)18-10-3-1-4-11-18/h1-15H,16H2. The van der Waals surface area contributed by atoms with Gasteiger partial charge < -0.3 is 0 Å². The van der Waals surface area contributed by atoms with E-state index in [1.807, 2.05) is 0 Å². The fraction of sp³-hybridized carbons (Fsp3) is 0.0476. The third-order valence-corrected chi connectivity index (χ3v) is 8.11. The first kappa shape index (κ1) is 20.3. The summed E-state index contributed by atoms with van der Waals surface area (Å²) in [5, 5.41) is 0.334. The summed E-state index contributed by atoms with van der Waals surface area (Å²) in [6, 6.07) is 22.2. The minimum Gasteiger partial charge on any atom is -0.223 e. The van der Waals surface area contributed by atoms with Gasteiger partial charge in [-0.1, -0.05) is 66.2 Å². The minimum atomic E-state index is -4.03. The number of hydrogen-bond acceptors (Lipinski definition) is 4. The normalized spacial score (nSPS) is 12.7. The average Bonchev–Trinajstić information content (AvgIpc) is 2.70. The maximum absolute atomic E-state index is 13.2. The van der Waals surface area contributed by atoms with Crippen molar-refractivity contribution in [2.45, 2.75) is 9.79 Å². The number of rotatable bonds is 6. The summed E-state index contributed by atoms with van der Waals surface area (Å²) in [5.41, 5.74) is 0.432. The molecule has 0 aliphatic rings. The van der Waals surface area contributed by atoms with Gasteiger partial charge in [-0.2, -0.15) is 0 Å². The van der Waals surface area contributed by atoms with Crippen LogP contribution in [0.2, 0.25) is 5.02 Å². The Bertz CT molecular complexity index is 1200. The van der Waals surface area contributed by atoms with E-state index in [2.05, 4.69) is 0 Å². The van der Waals surface area contributed by atoms with E-state index in [0.717, 1.165) is 0 Å². The Balaban J connectivity index is 2.15. The molecule has 0 aromatic heterocycles. The van der Waals surface area contributed by atoms with Gasteiger partial charge in [-0.05, 0) is 42.0 Å². The average molecular weight is 433 g/mol. The lowest BCUT2D eigenvalue weighted by Crippen LogP contribution is -2.16. The van der Waals surface area contributed by atoms with Crippen molar-refractivity contribution < 1.29 is 16.8 Å². The van der Waals surface area contributed by atoms with Crippen LogP contribution in [-0.4, -0.2) is 22.6 Å². The lowest BCUT2D eigenvalue weighted by atomic mass is 10.2. The second-order valence-corrected chi connectivity index (χ2v) is 10.4. The lowest BCUT2D eigenvalue weighted by Gasteiger charge is -2.11. The highest BCUT2D eigenvalue weighted by Crippen LogP contribution is 2.27. The maximum Gasteiger partial charge on any atom is 0.203 e. The fourth-order valence-corrected chi connectivity index (χ4v) is 6.18. The largest absolute Gasteiger partial charge is 0.223 e. The predicted octanol–water partition coefficient (Wildman–Crippen LogP) is 4.63. The summed E-state index contributed by atoms with van der Waals surface area (Å²) < 4.78 is 52.1. The van der Waals surface area contributed by atoms with Crippen molar-refractivity contribution >= 4 is 37.4 Å². The highest BCUT2D eigenvalue weighted by Gasteiger charge is 2.27. The van der Waals surface area contributed by atoms with E-state index in [1.54, 1.807) is 60.7 Å². The van der Waals surface area contributed by atoms with Crippen LogP contribution in [0.25, 0.3) is 6.08 Å². The molecule has 7 heteroatoms. The molecule has 0 bridgehead atoms. The van der Waals surface area contributed by atoms with Crippen molar-refractivity contribution in [1.82, 2.24) is 0 Å². The van der Waals surface area contributed by atoms with E-state index in [4.69, 9.17) is 11.6 Å². The smallest absolute Gasteiger partial charge is 0.203 e. The van der Waals surface area contributed by atoms with Crippen molar-refractivity contribution in [3.05, 3.63) is 100 Å². The second-order valence-electron chi connectivity index (χ2n) is 6.02. The first-order chi connectivity index (χ1) is 13.3. The van der Waals surface area contributed by atoms with Gasteiger partial charge in [0.1, 0.15) is 0 Å². The van der Waals surface area contributed by atoms with Crippen LogP contribution in [0.15, 0.2) is 99.6 Å². The Morgan fingerprint density at radius 1 is 0.714 bits per heavy atom. The number of sulfone groups is 2. The first-order valence-electron chi connectivity index (χ1n) is 8.34. The SMILES string of the molecule is O=S(=O)(CC(=Cc1ccccc1Cl)S(=O)(=O)c1ccccc1)c1ccccc1. The van der Waals surface area contributed by atoms with Crippen LogP contribution >= 0.6 is 11.6 Å². The molecule has 0 amide bonds. The number of benzene rings is 3. The van der Waals surface area contributed by atoms with Gasteiger partial charge >= 0.3 is 0 Å². The Kier molecular flexibility index (Phi) is 6.03. The van der Waals surface area contributed by atoms with Gasteiger partial charge in [-0.15, -0.1) is 0 Å². The molecule has 0 saturated heterocycles. The predicted molar refractivity (Wildman–Crippen MR) is 112 cm³/mol. The van der Waals surface area contributed by atoms with Crippen molar-refractivity contribution in [1.29, 1.82) is 0 Å². The van der Waals surface area contributed by atoms with Gasteiger partial charge in [0.15, 0.2) is 9.84 Å². The topological polar surface area (TPSA) is 68.3 Å². The molecule has 0 radical (unpaired) electrons. The molecule has 0 aliphatic heterocycles. The number of hydrogen-bond donors (Lipinski definition) is 0. The van der Waals surface area contributed by atoms with Crippen LogP contribution in [0.1, 0.15) is 5.56 Å². The summed E-state index contributed by atoms with van der Waals surface area (Å²) in [4.78, 5) is -0.157. The summed E-state index contributed by atoms with van der Waals surface area (Å²) in [6.07, 6.45) is 1.32. The van der Waals surface area contributed by atoms with Gasteiger partial charge in [0.05, 0.1) is 20.4 Å². The van der Waals surface area contributed by atoms with E-state index in [9.17, 15) is 16.8 Å². The number of halogens is 1. The first-order valence-corrected chi connectivity index (χ1v) is 11.8. The van der Waals surface area contributed by atoms with Crippen LogP contribution in [0, 0.1) is 0 Å². The van der Waals surface area contributed by atoms with Gasteiger partial charge in [-0.25, -0.2) is 16.8 Å². The third-order valence-electron chi connectivity index (χ3n) is 4.05. The van der Waals surface area contributed by atoms with Gasteiger partial charge in [-0.3, -0.25) is 0 Å². The molecule has 144 valence electrons. The second kappa shape index (κ2) is 8.31. The molecular formula is C21H17ClO4S2. The summed E-state index contributed by atoms with van der Waals surface area (Å²) in [5.74, 6) is -0.667. The summed E-state index contributed by atoms with van der Waals surface area (Å²) in [6.45, 7) is 0. The third kappa shape index (κ3) is 4.52. The Labute approximate surface area is 170 Å². The quantitative estimate of drug-likeness (QED) is 0.569. The van der Waals surface area contributed by atoms with Crippen LogP contribution < -0.4 is 0 Å². The zero-order valence-electron chi connectivity index (χ0n) is 14.7. The molecule has 0 heterocycles. The van der Waals surface area contributed by atoms with E-state index >= 15 is 0 Å². The maximum atomic E-state index is 13.2. The minimum absolute atomic E-state index is 0.0246. The van der Waals surface area contributed by atoms with Crippen molar-refractivity contribution in [3.8, 4) is 0 Å². The lowest BCUT2D eigenvalue weighted by molar-refractivity contribution is 0.593. The highest BCUT2D eigenvalue weighted by atomic mass is 35.5. The highest BCUT2D eigenvalue weighted by molar-refractivity contribution is 7.98. The Morgan fingerprint density at radius 3 is 1.79 bits per heavy atom. The van der Waals surface area contributed by atoms with Crippen LogP contribution in [0.5, 0.6) is 0 Å². The fourth-order valence-electron chi connectivity index (χ4n) is 2.61. The molecule has 3 aromatic rings. The molecule has 3 aromatic carbocycles. The molecular weight excluding hydrogens is 416 g/mol. The van der Waals surface area contributed by atoms with Gasteiger partial charge in [0.25, 0.3) is 0 Å². The molecule has 0 saturated carbocycles. The van der Waals surface area contributed by atoms with Gasteiger partial charge in [0, 0.05) is 5.02 Å². The Morgan fingerprint density at radius 2 is 1.21 bits per heavy atom. The van der Waals surface area contributed by atoms with Crippen molar-refractivity contribution in [2.24, 2.45) is 0 Å².